The van der Waals surface area contributed by atoms with E-state index in [1.807, 2.05) is 6.07 Å². The molecule has 0 saturated carbocycles. The van der Waals surface area contributed by atoms with Crippen molar-refractivity contribution in [2.75, 3.05) is 0 Å². The molecule has 3 aromatic rings. The van der Waals surface area contributed by atoms with Crippen LogP contribution in [0, 0.1) is 0 Å². The van der Waals surface area contributed by atoms with Gasteiger partial charge in [-0.25, -0.2) is 9.78 Å². The summed E-state index contributed by atoms with van der Waals surface area (Å²) in [5.41, 5.74) is 2.17. The molecule has 4 nitrogen and oxygen atoms in total. The van der Waals surface area contributed by atoms with Gasteiger partial charge in [0.05, 0.1) is 10.6 Å². The maximum absolute atomic E-state index is 11.5. The highest BCUT2D eigenvalue weighted by Crippen LogP contribution is 2.28. The SMILES string of the molecule is O=C(O)C(=Cc1c[nH]c2nccc(Cl)c12)c1ccccc1. The van der Waals surface area contributed by atoms with E-state index < -0.39 is 5.97 Å². The van der Waals surface area contributed by atoms with Crippen molar-refractivity contribution in [2.24, 2.45) is 0 Å². The van der Waals surface area contributed by atoms with Crippen LogP contribution in [0.5, 0.6) is 0 Å². The molecule has 0 spiro atoms. The Balaban J connectivity index is 2.19. The number of pyridine rings is 1. The van der Waals surface area contributed by atoms with E-state index in [9.17, 15) is 9.90 Å². The number of carboxylic acids is 1. The molecule has 2 heterocycles. The first-order valence-corrected chi connectivity index (χ1v) is 6.66. The lowest BCUT2D eigenvalue weighted by molar-refractivity contribution is -0.130. The van der Waals surface area contributed by atoms with Crippen molar-refractivity contribution in [3.63, 3.8) is 0 Å². The highest BCUT2D eigenvalue weighted by Gasteiger charge is 2.13. The number of nitrogens with zero attached hydrogens (tertiary/aromatic N) is 1. The van der Waals surface area contributed by atoms with Crippen LogP contribution in [0.25, 0.3) is 22.7 Å². The lowest BCUT2D eigenvalue weighted by Gasteiger charge is -2.02. The third-order valence-corrected chi connectivity index (χ3v) is 3.48. The average Bonchev–Trinajstić information content (AvgIpc) is 2.90. The van der Waals surface area contributed by atoms with E-state index in [-0.39, 0.29) is 5.57 Å². The fraction of sp³-hybridized carbons (Fsp3) is 0. The molecule has 0 amide bonds. The second kappa shape index (κ2) is 5.42. The molecule has 2 N–H and O–H groups in total. The van der Waals surface area contributed by atoms with Crippen molar-refractivity contribution in [1.82, 2.24) is 9.97 Å². The van der Waals surface area contributed by atoms with E-state index in [1.165, 1.54) is 0 Å². The lowest BCUT2D eigenvalue weighted by Crippen LogP contribution is -1.99. The van der Waals surface area contributed by atoms with Gasteiger partial charge in [0.25, 0.3) is 0 Å². The first-order chi connectivity index (χ1) is 10.2. The van der Waals surface area contributed by atoms with Gasteiger partial charge in [0.15, 0.2) is 0 Å². The van der Waals surface area contributed by atoms with Gasteiger partial charge < -0.3 is 10.1 Å². The average molecular weight is 299 g/mol. The van der Waals surface area contributed by atoms with Gasteiger partial charge in [-0.15, -0.1) is 0 Å². The summed E-state index contributed by atoms with van der Waals surface area (Å²) in [7, 11) is 0. The zero-order valence-corrected chi connectivity index (χ0v) is 11.6. The minimum atomic E-state index is -0.990. The molecule has 0 saturated heterocycles. The monoisotopic (exact) mass is 298 g/mol. The molecule has 21 heavy (non-hydrogen) atoms. The Morgan fingerprint density at radius 3 is 2.71 bits per heavy atom. The van der Waals surface area contributed by atoms with Crippen molar-refractivity contribution in [3.05, 3.63) is 64.9 Å². The summed E-state index contributed by atoms with van der Waals surface area (Å²) < 4.78 is 0. The maximum atomic E-state index is 11.5. The Kier molecular flexibility index (Phi) is 3.46. The van der Waals surface area contributed by atoms with Crippen molar-refractivity contribution in [3.8, 4) is 0 Å². The predicted octanol–water partition coefficient (Wildman–Crippen LogP) is 3.84. The van der Waals surface area contributed by atoms with Crippen LogP contribution in [0.3, 0.4) is 0 Å². The highest BCUT2D eigenvalue weighted by atomic mass is 35.5. The molecule has 5 heteroatoms. The molecule has 1 aromatic carbocycles. The molecule has 0 aliphatic carbocycles. The van der Waals surface area contributed by atoms with Crippen molar-refractivity contribution in [1.29, 1.82) is 0 Å². The normalized spacial score (nSPS) is 11.8. The Morgan fingerprint density at radius 1 is 1.24 bits per heavy atom. The first-order valence-electron chi connectivity index (χ1n) is 6.29. The number of halogens is 1. The summed E-state index contributed by atoms with van der Waals surface area (Å²) >= 11 is 6.18. The molecule has 0 aliphatic rings. The lowest BCUT2D eigenvalue weighted by atomic mass is 10.0. The molecule has 3 rings (SSSR count). The third kappa shape index (κ3) is 2.53. The number of aliphatic carboxylic acids is 1. The van der Waals surface area contributed by atoms with E-state index in [4.69, 9.17) is 11.6 Å². The summed E-state index contributed by atoms with van der Waals surface area (Å²) in [4.78, 5) is 18.7. The number of aromatic amines is 1. The fourth-order valence-corrected chi connectivity index (χ4v) is 2.45. The third-order valence-electron chi connectivity index (χ3n) is 3.17. The number of rotatable bonds is 3. The first kappa shape index (κ1) is 13.4. The van der Waals surface area contributed by atoms with Crippen LogP contribution < -0.4 is 0 Å². The topological polar surface area (TPSA) is 66.0 Å². The number of hydrogen-bond acceptors (Lipinski definition) is 2. The van der Waals surface area contributed by atoms with E-state index in [2.05, 4.69) is 9.97 Å². The zero-order valence-electron chi connectivity index (χ0n) is 10.9. The molecular weight excluding hydrogens is 288 g/mol. The second-order valence-electron chi connectivity index (χ2n) is 4.49. The van der Waals surface area contributed by atoms with Gasteiger partial charge in [-0.1, -0.05) is 41.9 Å². The Labute approximate surface area is 125 Å². The van der Waals surface area contributed by atoms with Crippen molar-refractivity contribution >= 4 is 40.3 Å². The molecule has 0 atom stereocenters. The quantitative estimate of drug-likeness (QED) is 0.722. The minimum Gasteiger partial charge on any atom is -0.478 e. The Morgan fingerprint density at radius 2 is 2.00 bits per heavy atom. The standard InChI is InChI=1S/C16H11ClN2O2/c17-13-6-7-18-15-14(13)11(9-19-15)8-12(16(20)21)10-4-2-1-3-5-10/h1-9H,(H,18,19)(H,20,21). The molecule has 0 radical (unpaired) electrons. The Bertz CT molecular complexity index is 838. The van der Waals surface area contributed by atoms with E-state index in [0.29, 0.717) is 27.2 Å². The number of fused-ring (bicyclic) bond motifs is 1. The molecule has 0 aliphatic heterocycles. The number of benzene rings is 1. The maximum Gasteiger partial charge on any atom is 0.336 e. The second-order valence-corrected chi connectivity index (χ2v) is 4.90. The van der Waals surface area contributed by atoms with Gasteiger partial charge in [-0.05, 0) is 17.7 Å². The van der Waals surface area contributed by atoms with Crippen molar-refractivity contribution in [2.45, 2.75) is 0 Å². The number of carbonyl (C=O) groups is 1. The van der Waals surface area contributed by atoms with Crippen LogP contribution in [0.15, 0.2) is 48.8 Å². The van der Waals surface area contributed by atoms with Crippen LogP contribution in [-0.2, 0) is 4.79 Å². The molecule has 2 aromatic heterocycles. The van der Waals surface area contributed by atoms with Crippen LogP contribution >= 0.6 is 11.6 Å². The van der Waals surface area contributed by atoms with E-state index in [1.54, 1.807) is 48.8 Å². The van der Waals surface area contributed by atoms with Gasteiger partial charge in [0, 0.05) is 23.3 Å². The molecular formula is C16H11ClN2O2. The molecule has 104 valence electrons. The summed E-state index contributed by atoms with van der Waals surface area (Å²) in [5.74, 6) is -0.990. The van der Waals surface area contributed by atoms with Gasteiger partial charge in [0.2, 0.25) is 0 Å². The fourth-order valence-electron chi connectivity index (χ4n) is 2.20. The van der Waals surface area contributed by atoms with Crippen LogP contribution in [-0.4, -0.2) is 21.0 Å². The van der Waals surface area contributed by atoms with E-state index >= 15 is 0 Å². The smallest absolute Gasteiger partial charge is 0.336 e. The predicted molar refractivity (Wildman–Crippen MR) is 83.1 cm³/mol. The number of carboxylic acid groups (broad SMARTS) is 1. The summed E-state index contributed by atoms with van der Waals surface area (Å²) in [6.45, 7) is 0. The molecule has 0 unspecified atom stereocenters. The molecule has 0 bridgehead atoms. The molecule has 0 fully saturated rings. The van der Waals surface area contributed by atoms with Gasteiger partial charge >= 0.3 is 5.97 Å². The van der Waals surface area contributed by atoms with Gasteiger partial charge in [-0.2, -0.15) is 0 Å². The van der Waals surface area contributed by atoms with E-state index in [0.717, 1.165) is 0 Å². The number of aromatic nitrogens is 2. The van der Waals surface area contributed by atoms with Crippen LogP contribution in [0.1, 0.15) is 11.1 Å². The zero-order chi connectivity index (χ0) is 14.8. The van der Waals surface area contributed by atoms with Crippen LogP contribution in [0.2, 0.25) is 5.02 Å². The van der Waals surface area contributed by atoms with Gasteiger partial charge in [-0.3, -0.25) is 0 Å². The van der Waals surface area contributed by atoms with Crippen LogP contribution in [0.4, 0.5) is 0 Å². The summed E-state index contributed by atoms with van der Waals surface area (Å²) in [6.07, 6.45) is 4.91. The largest absolute Gasteiger partial charge is 0.478 e. The summed E-state index contributed by atoms with van der Waals surface area (Å²) in [5, 5.41) is 10.7. The number of hydrogen-bond donors (Lipinski definition) is 2. The number of H-pyrrole nitrogens is 1. The summed E-state index contributed by atoms with van der Waals surface area (Å²) in [6, 6.07) is 10.6. The van der Waals surface area contributed by atoms with Crippen molar-refractivity contribution < 1.29 is 9.90 Å². The minimum absolute atomic E-state index is 0.205. The number of nitrogens with one attached hydrogen (secondary N) is 1. The highest BCUT2D eigenvalue weighted by molar-refractivity contribution is 6.36. The Hall–Kier alpha value is -2.59. The van der Waals surface area contributed by atoms with Gasteiger partial charge in [0.1, 0.15) is 5.65 Å².